The molecule has 3 N–H and O–H groups in total. The van der Waals surface area contributed by atoms with Gasteiger partial charge in [-0.3, -0.25) is 4.79 Å². The summed E-state index contributed by atoms with van der Waals surface area (Å²) in [5.41, 5.74) is 8.57. The molecule has 0 bridgehead atoms. The van der Waals surface area contributed by atoms with Crippen molar-refractivity contribution < 1.29 is 14.3 Å². The van der Waals surface area contributed by atoms with E-state index >= 15 is 0 Å². The van der Waals surface area contributed by atoms with E-state index in [0.29, 0.717) is 22.5 Å². The zero-order valence-corrected chi connectivity index (χ0v) is 13.3. The van der Waals surface area contributed by atoms with E-state index in [4.69, 9.17) is 10.5 Å². The molecule has 0 aromatic heterocycles. The fourth-order valence-electron chi connectivity index (χ4n) is 3.19. The van der Waals surface area contributed by atoms with Crippen LogP contribution in [-0.4, -0.2) is 18.9 Å². The smallest absolute Gasteiger partial charge is 0.316 e. The molecule has 2 aromatic rings. The van der Waals surface area contributed by atoms with Crippen molar-refractivity contribution >= 4 is 23.2 Å². The van der Waals surface area contributed by atoms with E-state index in [1.54, 1.807) is 31.4 Å². The fraction of sp³-hybridized carbons (Fsp3) is 0.111. The number of azo groups is 1. The number of ketones is 1. The quantitative estimate of drug-likeness (QED) is 0.899. The van der Waals surface area contributed by atoms with Crippen molar-refractivity contribution in [1.29, 1.82) is 0 Å². The highest BCUT2D eigenvalue weighted by Crippen LogP contribution is 2.48. The number of primary amides is 1. The van der Waals surface area contributed by atoms with Crippen LogP contribution in [0, 0.1) is 0 Å². The Morgan fingerprint density at radius 1 is 1.20 bits per heavy atom. The first kappa shape index (κ1) is 15.1. The summed E-state index contributed by atoms with van der Waals surface area (Å²) in [7, 11) is 1.59. The van der Waals surface area contributed by atoms with Gasteiger partial charge in [0, 0.05) is 5.56 Å². The second-order valence-corrected chi connectivity index (χ2v) is 5.70. The summed E-state index contributed by atoms with van der Waals surface area (Å²) < 4.78 is 5.15. The second kappa shape index (κ2) is 5.55. The number of hydrogen-bond donors (Lipinski definition) is 2. The number of nitrogens with zero attached hydrogens (tertiary/aromatic N) is 2. The third kappa shape index (κ3) is 2.28. The van der Waals surface area contributed by atoms with Crippen LogP contribution < -0.4 is 15.8 Å². The van der Waals surface area contributed by atoms with Crippen LogP contribution in [0.25, 0.3) is 5.70 Å². The Labute approximate surface area is 143 Å². The van der Waals surface area contributed by atoms with Gasteiger partial charge in [0.2, 0.25) is 0 Å². The van der Waals surface area contributed by atoms with E-state index < -0.39 is 12.1 Å². The molecule has 0 fully saturated rings. The van der Waals surface area contributed by atoms with Crippen LogP contribution in [0.4, 0.5) is 10.5 Å². The maximum atomic E-state index is 13.0. The van der Waals surface area contributed by atoms with Crippen LogP contribution in [0.5, 0.6) is 5.75 Å². The first-order chi connectivity index (χ1) is 12.1. The molecule has 0 radical (unpaired) electrons. The molecule has 1 aliphatic heterocycles. The van der Waals surface area contributed by atoms with Gasteiger partial charge < -0.3 is 15.8 Å². The number of hydrogen-bond acceptors (Lipinski definition) is 5. The molecule has 7 heteroatoms. The number of carbonyl (C=O) groups excluding carboxylic acids is 2. The normalized spacial score (nSPS) is 17.5. The van der Waals surface area contributed by atoms with Gasteiger partial charge in [-0.05, 0) is 35.9 Å². The summed E-state index contributed by atoms with van der Waals surface area (Å²) in [5.74, 6) is 0.523. The second-order valence-electron chi connectivity index (χ2n) is 5.70. The molecular weight excluding hydrogens is 320 g/mol. The van der Waals surface area contributed by atoms with Gasteiger partial charge in [-0.1, -0.05) is 12.1 Å². The molecular formula is C18H14N4O3. The van der Waals surface area contributed by atoms with Crippen molar-refractivity contribution in [2.75, 3.05) is 12.4 Å². The predicted octanol–water partition coefficient (Wildman–Crippen LogP) is 3.30. The molecule has 0 spiro atoms. The summed E-state index contributed by atoms with van der Waals surface area (Å²) in [6.07, 6.45) is 0. The summed E-state index contributed by atoms with van der Waals surface area (Å²) >= 11 is 0. The lowest BCUT2D eigenvalue weighted by molar-refractivity contribution is 0.103. The molecule has 1 aliphatic carbocycles. The Morgan fingerprint density at radius 3 is 2.64 bits per heavy atom. The fourth-order valence-corrected chi connectivity index (χ4v) is 3.19. The lowest BCUT2D eigenvalue weighted by Crippen LogP contribution is -2.20. The van der Waals surface area contributed by atoms with Crippen LogP contribution in [-0.2, 0) is 0 Å². The van der Waals surface area contributed by atoms with Gasteiger partial charge in [-0.15, -0.1) is 0 Å². The minimum absolute atomic E-state index is 0.194. The van der Waals surface area contributed by atoms with Crippen LogP contribution in [0.1, 0.15) is 27.5 Å². The van der Waals surface area contributed by atoms with Crippen molar-refractivity contribution in [3.05, 3.63) is 64.7 Å². The molecule has 1 atom stereocenters. The zero-order valence-electron chi connectivity index (χ0n) is 13.3. The standard InChI is InChI=1S/C18H14N4O3/c1-25-10-7-5-9(6-8-10)15-14-16(22-21-15)11-3-2-4-12(20-18(19)24)13(11)17(14)23/h2-8,16H,1H3,(H3,19,20,24). The Bertz CT molecular complexity index is 961. The Balaban J connectivity index is 1.82. The molecule has 2 aliphatic rings. The highest BCUT2D eigenvalue weighted by molar-refractivity contribution is 6.22. The molecule has 0 saturated carbocycles. The first-order valence-electron chi connectivity index (χ1n) is 7.63. The van der Waals surface area contributed by atoms with Gasteiger partial charge in [0.25, 0.3) is 0 Å². The predicted molar refractivity (Wildman–Crippen MR) is 91.5 cm³/mol. The van der Waals surface area contributed by atoms with Crippen LogP contribution in [0.3, 0.4) is 0 Å². The first-order valence-corrected chi connectivity index (χ1v) is 7.63. The minimum atomic E-state index is -0.718. The van der Waals surface area contributed by atoms with E-state index in [-0.39, 0.29) is 5.78 Å². The lowest BCUT2D eigenvalue weighted by Gasteiger charge is -2.07. The summed E-state index contributed by atoms with van der Waals surface area (Å²) in [5, 5.41) is 11.0. The highest BCUT2D eigenvalue weighted by atomic mass is 16.5. The van der Waals surface area contributed by atoms with E-state index in [0.717, 1.165) is 16.9 Å². The van der Waals surface area contributed by atoms with Crippen molar-refractivity contribution in [1.82, 2.24) is 0 Å². The molecule has 7 nitrogen and oxygen atoms in total. The molecule has 0 saturated heterocycles. The molecule has 1 heterocycles. The van der Waals surface area contributed by atoms with Gasteiger partial charge in [0.15, 0.2) is 5.78 Å². The van der Waals surface area contributed by atoms with E-state index in [1.807, 2.05) is 18.2 Å². The van der Waals surface area contributed by atoms with Gasteiger partial charge in [-0.2, -0.15) is 10.2 Å². The number of ether oxygens (including phenoxy) is 1. The molecule has 124 valence electrons. The van der Waals surface area contributed by atoms with Crippen LogP contribution >= 0.6 is 0 Å². The SMILES string of the molecule is COc1ccc(C2=C3C(=O)c4c(NC(N)=O)cccc4C3N=N2)cc1. The number of nitrogens with two attached hydrogens (primary N) is 1. The van der Waals surface area contributed by atoms with E-state index in [2.05, 4.69) is 15.5 Å². The van der Waals surface area contributed by atoms with Crippen molar-refractivity contribution in [3.8, 4) is 5.75 Å². The number of anilines is 1. The monoisotopic (exact) mass is 334 g/mol. The van der Waals surface area contributed by atoms with Crippen molar-refractivity contribution in [2.45, 2.75) is 6.04 Å². The number of fused-ring (bicyclic) bond motifs is 3. The largest absolute Gasteiger partial charge is 0.497 e. The van der Waals surface area contributed by atoms with Gasteiger partial charge in [0.05, 0.1) is 23.9 Å². The average Bonchev–Trinajstić information content (AvgIpc) is 3.16. The van der Waals surface area contributed by atoms with Gasteiger partial charge in [-0.25, -0.2) is 4.79 Å². The third-order valence-electron chi connectivity index (χ3n) is 4.29. The summed E-state index contributed by atoms with van der Waals surface area (Å²) in [6, 6.07) is 11.3. The summed E-state index contributed by atoms with van der Waals surface area (Å²) in [6.45, 7) is 0. The number of urea groups is 1. The van der Waals surface area contributed by atoms with Crippen LogP contribution in [0.2, 0.25) is 0 Å². The number of nitrogens with one attached hydrogen (secondary N) is 1. The maximum absolute atomic E-state index is 13.0. The maximum Gasteiger partial charge on any atom is 0.316 e. The van der Waals surface area contributed by atoms with E-state index in [9.17, 15) is 9.59 Å². The van der Waals surface area contributed by atoms with E-state index in [1.165, 1.54) is 0 Å². The number of Topliss-reactive ketones (excluding diaryl/α,β-unsaturated/α-hetero) is 1. The number of benzene rings is 2. The number of rotatable bonds is 3. The van der Waals surface area contributed by atoms with Crippen LogP contribution in [0.15, 0.2) is 58.3 Å². The molecule has 1 unspecified atom stereocenters. The number of methoxy groups -OCH3 is 1. The minimum Gasteiger partial charge on any atom is -0.497 e. The lowest BCUT2D eigenvalue weighted by atomic mass is 10.0. The number of amides is 2. The molecule has 2 amide bonds. The molecule has 2 aromatic carbocycles. The summed E-state index contributed by atoms with van der Waals surface area (Å²) in [4.78, 5) is 24.2. The Kier molecular flexibility index (Phi) is 3.35. The molecule has 25 heavy (non-hydrogen) atoms. The third-order valence-corrected chi connectivity index (χ3v) is 4.29. The van der Waals surface area contributed by atoms with Gasteiger partial charge in [0.1, 0.15) is 17.5 Å². The zero-order chi connectivity index (χ0) is 17.6. The average molecular weight is 334 g/mol. The van der Waals surface area contributed by atoms with Gasteiger partial charge >= 0.3 is 6.03 Å². The molecule has 4 rings (SSSR count). The number of carbonyl (C=O) groups is 2. The van der Waals surface area contributed by atoms with Crippen molar-refractivity contribution in [3.63, 3.8) is 0 Å². The highest BCUT2D eigenvalue weighted by Gasteiger charge is 2.42. The van der Waals surface area contributed by atoms with Crippen molar-refractivity contribution in [2.24, 2.45) is 16.0 Å². The Morgan fingerprint density at radius 2 is 1.96 bits per heavy atom. The Hall–Kier alpha value is -3.48. The topological polar surface area (TPSA) is 106 Å².